The van der Waals surface area contributed by atoms with Crippen LogP contribution in [0.25, 0.3) is 0 Å². The third kappa shape index (κ3) is 2.08. The molecule has 1 saturated carbocycles. The third-order valence-corrected chi connectivity index (χ3v) is 4.33. The molecule has 0 spiro atoms. The van der Waals surface area contributed by atoms with Crippen molar-refractivity contribution in [3.8, 4) is 0 Å². The van der Waals surface area contributed by atoms with Crippen LogP contribution in [-0.2, 0) is 0 Å². The van der Waals surface area contributed by atoms with Gasteiger partial charge >= 0.3 is 0 Å². The van der Waals surface area contributed by atoms with Crippen LogP contribution in [-0.4, -0.2) is 0 Å². The summed E-state index contributed by atoms with van der Waals surface area (Å²) in [6, 6.07) is 0. The summed E-state index contributed by atoms with van der Waals surface area (Å²) in [5, 5.41) is 0. The monoisotopic (exact) mass is 182 g/mol. The van der Waals surface area contributed by atoms with Crippen molar-refractivity contribution >= 4 is 0 Å². The molecule has 0 radical (unpaired) electrons. The van der Waals surface area contributed by atoms with E-state index >= 15 is 0 Å². The molecule has 1 aliphatic rings. The zero-order valence-corrected chi connectivity index (χ0v) is 10.1. The van der Waals surface area contributed by atoms with Gasteiger partial charge in [0.15, 0.2) is 0 Å². The lowest BCUT2D eigenvalue weighted by Crippen LogP contribution is -1.97. The second-order valence-electron chi connectivity index (χ2n) is 5.45. The predicted octanol–water partition coefficient (Wildman–Crippen LogP) is 4.49. The molecule has 0 aromatic carbocycles. The van der Waals surface area contributed by atoms with Crippen molar-refractivity contribution in [1.29, 1.82) is 0 Å². The zero-order valence-electron chi connectivity index (χ0n) is 10.1. The molecule has 1 fully saturated rings. The lowest BCUT2D eigenvalue weighted by Gasteiger charge is -2.08. The normalized spacial score (nSPS) is 38.3. The lowest BCUT2D eigenvalue weighted by molar-refractivity contribution is 0.427. The summed E-state index contributed by atoms with van der Waals surface area (Å²) in [5.74, 6) is 2.97. The average molecular weight is 182 g/mol. The first-order valence-corrected chi connectivity index (χ1v) is 6.06. The van der Waals surface area contributed by atoms with Crippen LogP contribution in [0, 0.1) is 23.2 Å². The van der Waals surface area contributed by atoms with Gasteiger partial charge in [0.2, 0.25) is 0 Å². The van der Waals surface area contributed by atoms with E-state index in [2.05, 4.69) is 34.6 Å². The van der Waals surface area contributed by atoms with Crippen molar-refractivity contribution in [3.63, 3.8) is 0 Å². The number of rotatable bonds is 5. The van der Waals surface area contributed by atoms with E-state index in [-0.39, 0.29) is 0 Å². The highest BCUT2D eigenvalue weighted by Crippen LogP contribution is 2.64. The Labute approximate surface area is 84.1 Å². The molecule has 0 amide bonds. The molecule has 3 atom stereocenters. The summed E-state index contributed by atoms with van der Waals surface area (Å²) in [7, 11) is 0. The Morgan fingerprint density at radius 3 is 2.08 bits per heavy atom. The smallest absolute Gasteiger partial charge is 0.0266 e. The van der Waals surface area contributed by atoms with Gasteiger partial charge in [-0.1, -0.05) is 53.9 Å². The first-order valence-electron chi connectivity index (χ1n) is 6.06. The van der Waals surface area contributed by atoms with E-state index in [1.807, 2.05) is 0 Å². The summed E-state index contributed by atoms with van der Waals surface area (Å²) in [5.41, 5.74) is 0.712. The topological polar surface area (TPSA) is 0 Å². The molecule has 78 valence electrons. The minimum atomic E-state index is 0.712. The van der Waals surface area contributed by atoms with Crippen molar-refractivity contribution < 1.29 is 0 Å². The highest BCUT2D eigenvalue weighted by molar-refractivity contribution is 5.05. The van der Waals surface area contributed by atoms with Gasteiger partial charge < -0.3 is 0 Å². The zero-order chi connectivity index (χ0) is 10.1. The van der Waals surface area contributed by atoms with Gasteiger partial charge in [-0.25, -0.2) is 0 Å². The van der Waals surface area contributed by atoms with Gasteiger partial charge in [-0.05, 0) is 29.6 Å². The fourth-order valence-electron chi connectivity index (χ4n) is 3.08. The van der Waals surface area contributed by atoms with Gasteiger partial charge in [0.1, 0.15) is 0 Å². The minimum Gasteiger partial charge on any atom is -0.0651 e. The Morgan fingerprint density at radius 1 is 1.15 bits per heavy atom. The number of hydrogen-bond donors (Lipinski definition) is 0. The SMILES string of the molecule is CCC1C(CCC(C)C)C1(C)CC. The predicted molar refractivity (Wildman–Crippen MR) is 59.7 cm³/mol. The molecular formula is C13H26. The Bertz CT molecular complexity index is 159. The molecule has 0 aromatic heterocycles. The fourth-order valence-corrected chi connectivity index (χ4v) is 3.08. The molecule has 1 aliphatic carbocycles. The van der Waals surface area contributed by atoms with Gasteiger partial charge in [-0.3, -0.25) is 0 Å². The van der Waals surface area contributed by atoms with Crippen molar-refractivity contribution in [2.45, 2.75) is 60.3 Å². The summed E-state index contributed by atoms with van der Waals surface area (Å²) >= 11 is 0. The van der Waals surface area contributed by atoms with Crippen LogP contribution in [0.5, 0.6) is 0 Å². The number of hydrogen-bond acceptors (Lipinski definition) is 0. The van der Waals surface area contributed by atoms with Crippen LogP contribution in [0.1, 0.15) is 60.3 Å². The van der Waals surface area contributed by atoms with Crippen molar-refractivity contribution in [2.75, 3.05) is 0 Å². The Balaban J connectivity index is 2.36. The van der Waals surface area contributed by atoms with E-state index in [4.69, 9.17) is 0 Å². The second kappa shape index (κ2) is 4.02. The van der Waals surface area contributed by atoms with Crippen LogP contribution in [0.4, 0.5) is 0 Å². The van der Waals surface area contributed by atoms with E-state index in [0.717, 1.165) is 17.8 Å². The maximum absolute atomic E-state index is 2.49. The molecule has 0 aliphatic heterocycles. The van der Waals surface area contributed by atoms with E-state index in [0.29, 0.717) is 5.41 Å². The first kappa shape index (κ1) is 11.1. The van der Waals surface area contributed by atoms with Crippen LogP contribution in [0.2, 0.25) is 0 Å². The Hall–Kier alpha value is 0. The summed E-state index contributed by atoms with van der Waals surface area (Å²) in [6.07, 6.45) is 5.68. The van der Waals surface area contributed by atoms with Gasteiger partial charge in [0.25, 0.3) is 0 Å². The van der Waals surface area contributed by atoms with Gasteiger partial charge in [-0.15, -0.1) is 0 Å². The summed E-state index contributed by atoms with van der Waals surface area (Å²) < 4.78 is 0. The molecular weight excluding hydrogens is 156 g/mol. The van der Waals surface area contributed by atoms with E-state index in [1.165, 1.54) is 25.7 Å². The summed E-state index contributed by atoms with van der Waals surface area (Å²) in [4.78, 5) is 0. The maximum Gasteiger partial charge on any atom is -0.0266 e. The molecule has 13 heavy (non-hydrogen) atoms. The van der Waals surface area contributed by atoms with Crippen LogP contribution in [0.3, 0.4) is 0 Å². The van der Waals surface area contributed by atoms with Crippen molar-refractivity contribution in [3.05, 3.63) is 0 Å². The molecule has 1 rings (SSSR count). The van der Waals surface area contributed by atoms with E-state index in [1.54, 1.807) is 0 Å². The molecule has 0 nitrogen and oxygen atoms in total. The Kier molecular flexibility index (Phi) is 3.43. The van der Waals surface area contributed by atoms with Gasteiger partial charge in [0, 0.05) is 0 Å². The van der Waals surface area contributed by atoms with E-state index in [9.17, 15) is 0 Å². The van der Waals surface area contributed by atoms with Crippen LogP contribution >= 0.6 is 0 Å². The highest BCUT2D eigenvalue weighted by atomic mass is 14.6. The first-order chi connectivity index (χ1) is 6.06. The fraction of sp³-hybridized carbons (Fsp3) is 1.00. The largest absolute Gasteiger partial charge is 0.0651 e. The molecule has 0 heteroatoms. The minimum absolute atomic E-state index is 0.712. The highest BCUT2D eigenvalue weighted by Gasteiger charge is 2.57. The molecule has 0 aromatic rings. The summed E-state index contributed by atoms with van der Waals surface area (Å²) in [6.45, 7) is 11.9. The van der Waals surface area contributed by atoms with Crippen molar-refractivity contribution in [1.82, 2.24) is 0 Å². The lowest BCUT2D eigenvalue weighted by atomic mass is 9.97. The maximum atomic E-state index is 2.49. The standard InChI is InChI=1S/C13H26/c1-6-11-12(9-8-10(3)4)13(11,5)7-2/h10-12H,6-9H2,1-5H3. The molecule has 0 heterocycles. The molecule has 0 saturated heterocycles. The average Bonchev–Trinajstić information content (AvgIpc) is 2.68. The molecule has 0 N–H and O–H groups in total. The van der Waals surface area contributed by atoms with Crippen molar-refractivity contribution in [2.24, 2.45) is 23.2 Å². The molecule has 3 unspecified atom stereocenters. The van der Waals surface area contributed by atoms with Gasteiger partial charge in [-0.2, -0.15) is 0 Å². The van der Waals surface area contributed by atoms with Gasteiger partial charge in [0.05, 0.1) is 0 Å². The Morgan fingerprint density at radius 2 is 1.77 bits per heavy atom. The molecule has 0 bridgehead atoms. The quantitative estimate of drug-likeness (QED) is 0.587. The second-order valence-corrected chi connectivity index (χ2v) is 5.45. The van der Waals surface area contributed by atoms with Crippen LogP contribution < -0.4 is 0 Å². The van der Waals surface area contributed by atoms with Crippen LogP contribution in [0.15, 0.2) is 0 Å². The third-order valence-electron chi connectivity index (χ3n) is 4.33. The van der Waals surface area contributed by atoms with E-state index < -0.39 is 0 Å².